The third-order valence-corrected chi connectivity index (χ3v) is 2.89. The quantitative estimate of drug-likeness (QED) is 0.783. The predicted molar refractivity (Wildman–Crippen MR) is 65.4 cm³/mol. The van der Waals surface area contributed by atoms with Gasteiger partial charge in [-0.3, -0.25) is 0 Å². The van der Waals surface area contributed by atoms with E-state index in [2.05, 4.69) is 15.6 Å². The molecule has 0 unspecified atom stereocenters. The minimum absolute atomic E-state index is 0.295. The van der Waals surface area contributed by atoms with Crippen molar-refractivity contribution in [2.45, 2.75) is 32.7 Å². The van der Waals surface area contributed by atoms with Gasteiger partial charge in [-0.25, -0.2) is 4.98 Å². The van der Waals surface area contributed by atoms with Crippen LogP contribution in [0.3, 0.4) is 0 Å². The van der Waals surface area contributed by atoms with Crippen LogP contribution in [-0.4, -0.2) is 21.3 Å². The summed E-state index contributed by atoms with van der Waals surface area (Å²) in [6.07, 6.45) is 3.07. The van der Waals surface area contributed by atoms with Gasteiger partial charge in [-0.15, -0.1) is 0 Å². The molecule has 3 nitrogen and oxygen atoms in total. The first-order valence-corrected chi connectivity index (χ1v) is 5.85. The van der Waals surface area contributed by atoms with E-state index in [9.17, 15) is 0 Å². The highest BCUT2D eigenvalue weighted by molar-refractivity contribution is 5.75. The summed E-state index contributed by atoms with van der Waals surface area (Å²) in [5.74, 6) is 1.07. The standard InChI is InChI=1S/C13H18N2O/c1-11-14-12-7-3-4-8-13(12)15(11)9-5-2-6-10-16/h3-4,7-8,16H,2,5-6,9-10H2,1H3. The summed E-state index contributed by atoms with van der Waals surface area (Å²) in [6.45, 7) is 3.34. The molecular weight excluding hydrogens is 200 g/mol. The van der Waals surface area contributed by atoms with Gasteiger partial charge < -0.3 is 9.67 Å². The molecule has 0 saturated carbocycles. The lowest BCUT2D eigenvalue weighted by Gasteiger charge is -2.05. The van der Waals surface area contributed by atoms with Crippen LogP contribution in [0.4, 0.5) is 0 Å². The Labute approximate surface area is 95.7 Å². The Morgan fingerprint density at radius 2 is 2.00 bits per heavy atom. The Morgan fingerprint density at radius 1 is 1.19 bits per heavy atom. The summed E-state index contributed by atoms with van der Waals surface area (Å²) in [7, 11) is 0. The molecule has 0 aliphatic carbocycles. The number of aliphatic hydroxyl groups is 1. The Bertz CT molecular complexity index is 462. The SMILES string of the molecule is Cc1nc2ccccc2n1CCCCCO. The first-order valence-electron chi connectivity index (χ1n) is 5.85. The number of hydrogen-bond acceptors (Lipinski definition) is 2. The molecule has 0 bridgehead atoms. The minimum atomic E-state index is 0.295. The number of hydrogen-bond donors (Lipinski definition) is 1. The van der Waals surface area contributed by atoms with E-state index in [1.807, 2.05) is 25.1 Å². The van der Waals surface area contributed by atoms with Gasteiger partial charge in [0, 0.05) is 13.2 Å². The first kappa shape index (κ1) is 11.1. The third-order valence-electron chi connectivity index (χ3n) is 2.89. The number of para-hydroxylation sites is 2. The second kappa shape index (κ2) is 5.12. The van der Waals surface area contributed by atoms with E-state index >= 15 is 0 Å². The Kier molecular flexibility index (Phi) is 3.57. The molecule has 1 aromatic carbocycles. The summed E-state index contributed by atoms with van der Waals surface area (Å²) in [5.41, 5.74) is 2.28. The van der Waals surface area contributed by atoms with E-state index in [4.69, 9.17) is 5.11 Å². The van der Waals surface area contributed by atoms with Gasteiger partial charge in [-0.1, -0.05) is 12.1 Å². The number of aliphatic hydroxyl groups excluding tert-OH is 1. The van der Waals surface area contributed by atoms with Crippen LogP contribution in [-0.2, 0) is 6.54 Å². The van der Waals surface area contributed by atoms with Crippen LogP contribution < -0.4 is 0 Å². The molecule has 0 spiro atoms. The minimum Gasteiger partial charge on any atom is -0.396 e. The maximum Gasteiger partial charge on any atom is 0.106 e. The van der Waals surface area contributed by atoms with Gasteiger partial charge >= 0.3 is 0 Å². The van der Waals surface area contributed by atoms with Crippen LogP contribution in [0.1, 0.15) is 25.1 Å². The highest BCUT2D eigenvalue weighted by Gasteiger charge is 2.05. The topological polar surface area (TPSA) is 38.0 Å². The van der Waals surface area contributed by atoms with E-state index < -0.39 is 0 Å². The van der Waals surface area contributed by atoms with Crippen LogP contribution in [0.5, 0.6) is 0 Å². The molecule has 0 aliphatic heterocycles. The van der Waals surface area contributed by atoms with E-state index in [-0.39, 0.29) is 0 Å². The van der Waals surface area contributed by atoms with Crippen LogP contribution >= 0.6 is 0 Å². The molecule has 0 fully saturated rings. The fraction of sp³-hybridized carbons (Fsp3) is 0.462. The number of nitrogens with zero attached hydrogens (tertiary/aromatic N) is 2. The molecule has 0 amide bonds. The van der Waals surface area contributed by atoms with Gasteiger partial charge in [0.1, 0.15) is 5.82 Å². The number of fused-ring (bicyclic) bond motifs is 1. The Hall–Kier alpha value is -1.35. The van der Waals surface area contributed by atoms with Crippen molar-refractivity contribution in [3.05, 3.63) is 30.1 Å². The molecule has 0 atom stereocenters. The monoisotopic (exact) mass is 218 g/mol. The van der Waals surface area contributed by atoms with Crippen LogP contribution in [0.25, 0.3) is 11.0 Å². The zero-order chi connectivity index (χ0) is 11.4. The second-order valence-corrected chi connectivity index (χ2v) is 4.08. The van der Waals surface area contributed by atoms with E-state index in [1.54, 1.807) is 0 Å². The molecule has 3 heteroatoms. The van der Waals surface area contributed by atoms with Crippen molar-refractivity contribution in [1.29, 1.82) is 0 Å². The van der Waals surface area contributed by atoms with Crippen LogP contribution in [0.2, 0.25) is 0 Å². The fourth-order valence-electron chi connectivity index (χ4n) is 2.04. The first-order chi connectivity index (χ1) is 7.83. The van der Waals surface area contributed by atoms with Crippen molar-refractivity contribution in [1.82, 2.24) is 9.55 Å². The number of unbranched alkanes of at least 4 members (excludes halogenated alkanes) is 2. The summed E-state index contributed by atoms with van der Waals surface area (Å²) < 4.78 is 2.26. The molecule has 1 aromatic heterocycles. The van der Waals surface area contributed by atoms with E-state index in [0.29, 0.717) is 6.61 Å². The summed E-state index contributed by atoms with van der Waals surface area (Å²) in [6, 6.07) is 8.23. The van der Waals surface area contributed by atoms with Crippen molar-refractivity contribution in [2.24, 2.45) is 0 Å². The highest BCUT2D eigenvalue weighted by Crippen LogP contribution is 2.16. The fourth-order valence-corrected chi connectivity index (χ4v) is 2.04. The van der Waals surface area contributed by atoms with Crippen LogP contribution in [0.15, 0.2) is 24.3 Å². The zero-order valence-corrected chi connectivity index (χ0v) is 9.69. The predicted octanol–water partition coefficient (Wildman–Crippen LogP) is 2.51. The smallest absolute Gasteiger partial charge is 0.106 e. The molecule has 0 saturated heterocycles. The molecular formula is C13H18N2O. The lowest BCUT2D eigenvalue weighted by molar-refractivity contribution is 0.282. The summed E-state index contributed by atoms with van der Waals surface area (Å²) >= 11 is 0. The van der Waals surface area contributed by atoms with Gasteiger partial charge in [0.05, 0.1) is 11.0 Å². The van der Waals surface area contributed by atoms with Crippen molar-refractivity contribution in [3.8, 4) is 0 Å². The highest BCUT2D eigenvalue weighted by atomic mass is 16.2. The lowest BCUT2D eigenvalue weighted by atomic mass is 10.2. The van der Waals surface area contributed by atoms with Crippen molar-refractivity contribution >= 4 is 11.0 Å². The Morgan fingerprint density at radius 3 is 2.81 bits per heavy atom. The normalized spacial score (nSPS) is 11.1. The zero-order valence-electron chi connectivity index (χ0n) is 9.69. The number of imidazole rings is 1. The summed E-state index contributed by atoms with van der Waals surface area (Å²) in [4.78, 5) is 4.53. The average molecular weight is 218 g/mol. The number of aromatic nitrogens is 2. The second-order valence-electron chi connectivity index (χ2n) is 4.08. The van der Waals surface area contributed by atoms with E-state index in [1.165, 1.54) is 5.52 Å². The molecule has 0 radical (unpaired) electrons. The molecule has 1 heterocycles. The Balaban J connectivity index is 2.13. The molecule has 2 rings (SSSR count). The van der Waals surface area contributed by atoms with E-state index in [0.717, 1.165) is 37.1 Å². The number of aryl methyl sites for hydroxylation is 2. The van der Waals surface area contributed by atoms with Gasteiger partial charge in [-0.05, 0) is 38.3 Å². The molecule has 0 aliphatic rings. The number of benzene rings is 1. The molecule has 86 valence electrons. The third kappa shape index (κ3) is 2.25. The molecule has 1 N–H and O–H groups in total. The molecule has 2 aromatic rings. The molecule has 16 heavy (non-hydrogen) atoms. The lowest BCUT2D eigenvalue weighted by Crippen LogP contribution is -2.00. The largest absolute Gasteiger partial charge is 0.396 e. The average Bonchev–Trinajstić information content (AvgIpc) is 2.61. The summed E-state index contributed by atoms with van der Waals surface area (Å²) in [5, 5.41) is 8.73. The maximum absolute atomic E-state index is 8.73. The van der Waals surface area contributed by atoms with Gasteiger partial charge in [-0.2, -0.15) is 0 Å². The van der Waals surface area contributed by atoms with Gasteiger partial charge in [0.15, 0.2) is 0 Å². The maximum atomic E-state index is 8.73. The van der Waals surface area contributed by atoms with Crippen molar-refractivity contribution < 1.29 is 5.11 Å². The van der Waals surface area contributed by atoms with Gasteiger partial charge in [0.25, 0.3) is 0 Å². The van der Waals surface area contributed by atoms with Gasteiger partial charge in [0.2, 0.25) is 0 Å². The van der Waals surface area contributed by atoms with Crippen molar-refractivity contribution in [2.75, 3.05) is 6.61 Å². The van der Waals surface area contributed by atoms with Crippen molar-refractivity contribution in [3.63, 3.8) is 0 Å². The van der Waals surface area contributed by atoms with Crippen LogP contribution in [0, 0.1) is 6.92 Å². The number of rotatable bonds is 5.